The van der Waals surface area contributed by atoms with Crippen LogP contribution in [0, 0.1) is 3.57 Å². The van der Waals surface area contributed by atoms with Crippen LogP contribution in [0.3, 0.4) is 0 Å². The number of nitrogens with zero attached hydrogens (tertiary/aromatic N) is 2. The van der Waals surface area contributed by atoms with Crippen molar-refractivity contribution < 1.29 is 9.90 Å². The third-order valence-electron chi connectivity index (χ3n) is 3.78. The molecular formula is C15H22IN3O2. The minimum absolute atomic E-state index is 0.0730. The Bertz CT molecular complexity index is 499. The van der Waals surface area contributed by atoms with Crippen molar-refractivity contribution in [2.75, 3.05) is 5.32 Å². The van der Waals surface area contributed by atoms with Crippen LogP contribution in [0.15, 0.2) is 18.3 Å². The standard InChI is InChI=1S/C15H22IN3O2/c1-15(2,3)19(14(20)21)12-6-5-11(8-12)18-13-7-4-10(16)9-17-13/h4,7,9,11-12H,5-6,8H2,1-3H3,(H,17,18)(H,20,21)/t11-,12-/m0/s1. The Kier molecular flexibility index (Phi) is 4.95. The number of nitrogens with one attached hydrogen (secondary N) is 1. The van der Waals surface area contributed by atoms with Gasteiger partial charge in [-0.25, -0.2) is 9.78 Å². The van der Waals surface area contributed by atoms with Crippen molar-refractivity contribution in [3.8, 4) is 0 Å². The van der Waals surface area contributed by atoms with E-state index in [1.54, 1.807) is 4.90 Å². The fourth-order valence-corrected chi connectivity index (χ4v) is 3.30. The van der Waals surface area contributed by atoms with Gasteiger partial charge in [0.05, 0.1) is 0 Å². The zero-order valence-corrected chi connectivity index (χ0v) is 14.8. The number of aromatic nitrogens is 1. The number of halogens is 1. The molecule has 0 aromatic carbocycles. The highest BCUT2D eigenvalue weighted by Crippen LogP contribution is 2.31. The van der Waals surface area contributed by atoms with Crippen molar-refractivity contribution in [2.24, 2.45) is 0 Å². The molecule has 1 amide bonds. The van der Waals surface area contributed by atoms with E-state index in [0.29, 0.717) is 0 Å². The lowest BCUT2D eigenvalue weighted by Gasteiger charge is -2.38. The van der Waals surface area contributed by atoms with Crippen molar-refractivity contribution in [1.29, 1.82) is 0 Å². The van der Waals surface area contributed by atoms with Crippen LogP contribution in [-0.4, -0.2) is 38.7 Å². The van der Waals surface area contributed by atoms with Crippen molar-refractivity contribution in [3.05, 3.63) is 21.9 Å². The maximum absolute atomic E-state index is 11.5. The topological polar surface area (TPSA) is 65.5 Å². The number of rotatable bonds is 3. The molecule has 2 rings (SSSR count). The van der Waals surface area contributed by atoms with Crippen LogP contribution in [0.5, 0.6) is 0 Å². The molecule has 1 aromatic rings. The van der Waals surface area contributed by atoms with E-state index in [1.807, 2.05) is 39.1 Å². The van der Waals surface area contributed by atoms with Crippen LogP contribution in [0.4, 0.5) is 10.6 Å². The Morgan fingerprint density at radius 1 is 1.43 bits per heavy atom. The summed E-state index contributed by atoms with van der Waals surface area (Å²) in [5.41, 5.74) is -0.369. The molecule has 0 saturated heterocycles. The summed E-state index contributed by atoms with van der Waals surface area (Å²) in [5.74, 6) is 0.860. The molecule has 6 heteroatoms. The Hall–Kier alpha value is -1.05. The summed E-state index contributed by atoms with van der Waals surface area (Å²) in [6.45, 7) is 5.84. The van der Waals surface area contributed by atoms with E-state index in [4.69, 9.17) is 0 Å². The fraction of sp³-hybridized carbons (Fsp3) is 0.600. The molecule has 0 spiro atoms. The Labute approximate surface area is 139 Å². The average molecular weight is 403 g/mol. The molecule has 5 nitrogen and oxygen atoms in total. The lowest BCUT2D eigenvalue weighted by molar-refractivity contribution is 0.0718. The van der Waals surface area contributed by atoms with Gasteiger partial charge in [-0.2, -0.15) is 0 Å². The molecule has 1 aliphatic carbocycles. The largest absolute Gasteiger partial charge is 0.465 e. The first-order chi connectivity index (χ1) is 9.77. The third-order valence-corrected chi connectivity index (χ3v) is 4.42. The monoisotopic (exact) mass is 403 g/mol. The van der Waals surface area contributed by atoms with Crippen molar-refractivity contribution in [3.63, 3.8) is 0 Å². The highest BCUT2D eigenvalue weighted by Gasteiger charge is 2.37. The first kappa shape index (κ1) is 16.3. The van der Waals surface area contributed by atoms with Gasteiger partial charge in [0, 0.05) is 27.4 Å². The van der Waals surface area contributed by atoms with Crippen LogP contribution in [-0.2, 0) is 0 Å². The van der Waals surface area contributed by atoms with Gasteiger partial charge in [0.25, 0.3) is 0 Å². The second-order valence-electron chi connectivity index (χ2n) is 6.49. The van der Waals surface area contributed by atoms with E-state index in [2.05, 4.69) is 32.9 Å². The maximum Gasteiger partial charge on any atom is 0.407 e. The molecule has 1 aromatic heterocycles. The van der Waals surface area contributed by atoms with Gasteiger partial charge < -0.3 is 15.3 Å². The maximum atomic E-state index is 11.5. The second kappa shape index (κ2) is 6.37. The highest BCUT2D eigenvalue weighted by atomic mass is 127. The Morgan fingerprint density at radius 2 is 2.14 bits per heavy atom. The van der Waals surface area contributed by atoms with Gasteiger partial charge >= 0.3 is 6.09 Å². The molecule has 1 saturated carbocycles. The summed E-state index contributed by atoms with van der Waals surface area (Å²) in [6.07, 6.45) is 3.69. The van der Waals surface area contributed by atoms with Gasteiger partial charge in [-0.15, -0.1) is 0 Å². The third kappa shape index (κ3) is 4.21. The lowest BCUT2D eigenvalue weighted by atomic mass is 10.0. The van der Waals surface area contributed by atoms with E-state index in [9.17, 15) is 9.90 Å². The number of amides is 1. The molecule has 0 unspecified atom stereocenters. The summed E-state index contributed by atoms with van der Waals surface area (Å²) in [6, 6.07) is 4.34. The summed E-state index contributed by atoms with van der Waals surface area (Å²) in [5, 5.41) is 12.9. The van der Waals surface area contributed by atoms with Crippen LogP contribution < -0.4 is 5.32 Å². The number of hydrogen-bond donors (Lipinski definition) is 2. The smallest absolute Gasteiger partial charge is 0.407 e. The quantitative estimate of drug-likeness (QED) is 0.754. The van der Waals surface area contributed by atoms with Crippen LogP contribution in [0.25, 0.3) is 0 Å². The van der Waals surface area contributed by atoms with Gasteiger partial charge in [0.1, 0.15) is 5.82 Å². The van der Waals surface area contributed by atoms with Gasteiger partial charge in [0.2, 0.25) is 0 Å². The Balaban J connectivity index is 1.99. The van der Waals surface area contributed by atoms with Gasteiger partial charge in [0.15, 0.2) is 0 Å². The van der Waals surface area contributed by atoms with Crippen molar-refractivity contribution in [2.45, 2.75) is 57.7 Å². The molecule has 0 radical (unpaired) electrons. The molecule has 1 heterocycles. The number of pyridine rings is 1. The molecular weight excluding hydrogens is 381 g/mol. The number of hydrogen-bond acceptors (Lipinski definition) is 3. The molecule has 1 fully saturated rings. The van der Waals surface area contributed by atoms with Gasteiger partial charge in [-0.3, -0.25) is 0 Å². The van der Waals surface area contributed by atoms with Crippen LogP contribution in [0.2, 0.25) is 0 Å². The molecule has 1 aliphatic rings. The van der Waals surface area contributed by atoms with E-state index >= 15 is 0 Å². The van der Waals surface area contributed by atoms with Crippen molar-refractivity contribution in [1.82, 2.24) is 9.88 Å². The zero-order valence-electron chi connectivity index (χ0n) is 12.6. The lowest BCUT2D eigenvalue weighted by Crippen LogP contribution is -2.50. The normalized spacial score (nSPS) is 22.1. The molecule has 0 bridgehead atoms. The Morgan fingerprint density at radius 3 is 2.67 bits per heavy atom. The number of anilines is 1. The first-order valence-electron chi connectivity index (χ1n) is 7.17. The van der Waals surface area contributed by atoms with Gasteiger partial charge in [-0.1, -0.05) is 0 Å². The van der Waals surface area contributed by atoms with Crippen LogP contribution >= 0.6 is 22.6 Å². The van der Waals surface area contributed by atoms with E-state index < -0.39 is 6.09 Å². The van der Waals surface area contributed by atoms with Gasteiger partial charge in [-0.05, 0) is 74.8 Å². The highest BCUT2D eigenvalue weighted by molar-refractivity contribution is 14.1. The van der Waals surface area contributed by atoms with Crippen LogP contribution in [0.1, 0.15) is 40.0 Å². The SMILES string of the molecule is CC(C)(C)N(C(=O)O)[C@H]1CC[C@H](Nc2ccc(I)cn2)C1. The second-order valence-corrected chi connectivity index (χ2v) is 7.74. The minimum Gasteiger partial charge on any atom is -0.465 e. The molecule has 2 N–H and O–H groups in total. The summed E-state index contributed by atoms with van der Waals surface area (Å²) >= 11 is 2.23. The fourth-order valence-electron chi connectivity index (χ4n) is 2.98. The van der Waals surface area contributed by atoms with E-state index in [-0.39, 0.29) is 17.6 Å². The van der Waals surface area contributed by atoms with E-state index in [1.165, 1.54) is 0 Å². The minimum atomic E-state index is -0.833. The first-order valence-corrected chi connectivity index (χ1v) is 8.25. The molecule has 0 aliphatic heterocycles. The summed E-state index contributed by atoms with van der Waals surface area (Å²) < 4.78 is 1.10. The summed E-state index contributed by atoms with van der Waals surface area (Å²) in [7, 11) is 0. The molecule has 2 atom stereocenters. The number of carbonyl (C=O) groups is 1. The molecule has 116 valence electrons. The van der Waals surface area contributed by atoms with Crippen molar-refractivity contribution >= 4 is 34.5 Å². The predicted octanol–water partition coefficient (Wildman–Crippen LogP) is 3.80. The average Bonchev–Trinajstić information content (AvgIpc) is 2.78. The zero-order chi connectivity index (χ0) is 15.6. The van der Waals surface area contributed by atoms with E-state index in [0.717, 1.165) is 28.7 Å². The number of carboxylic acid groups (broad SMARTS) is 1. The molecule has 21 heavy (non-hydrogen) atoms. The summed E-state index contributed by atoms with van der Waals surface area (Å²) in [4.78, 5) is 17.5. The predicted molar refractivity (Wildman–Crippen MR) is 91.6 cm³/mol.